The number of carbonyl (C=O) groups is 1. The van der Waals surface area contributed by atoms with Crippen molar-refractivity contribution in [3.63, 3.8) is 0 Å². The largest absolute Gasteiger partial charge is 0.492 e. The fourth-order valence-corrected chi connectivity index (χ4v) is 3.96. The molecule has 1 aromatic rings. The van der Waals surface area contributed by atoms with E-state index in [0.717, 1.165) is 18.1 Å². The van der Waals surface area contributed by atoms with Gasteiger partial charge in [0.05, 0.1) is 7.11 Å². The van der Waals surface area contributed by atoms with Gasteiger partial charge in [-0.25, -0.2) is 0 Å². The quantitative estimate of drug-likeness (QED) is 0.877. The van der Waals surface area contributed by atoms with Crippen LogP contribution in [0.4, 0.5) is 10.7 Å². The van der Waals surface area contributed by atoms with Gasteiger partial charge in [0.15, 0.2) is 5.75 Å². The minimum atomic E-state index is -0.117. The number of amides is 1. The number of nitrogens with two attached hydrogens (primary N) is 1. The standard InChI is InChI=1S/C15H25N3O2S/c1-4-10-7-6-8-18(9-10)15-12(20-3)11(16)13(21-15)14(19)17-5-2/h10H,4-9,16H2,1-3H3,(H,17,19). The van der Waals surface area contributed by atoms with Crippen LogP contribution in [-0.4, -0.2) is 32.7 Å². The Labute approximate surface area is 130 Å². The van der Waals surface area contributed by atoms with E-state index in [4.69, 9.17) is 10.5 Å². The molecule has 1 saturated heterocycles. The summed E-state index contributed by atoms with van der Waals surface area (Å²) in [5, 5.41) is 3.80. The third kappa shape index (κ3) is 3.26. The first-order valence-electron chi connectivity index (χ1n) is 7.61. The molecule has 0 aliphatic carbocycles. The molecule has 0 spiro atoms. The lowest BCUT2D eigenvalue weighted by atomic mass is 9.96. The minimum Gasteiger partial charge on any atom is -0.492 e. The zero-order valence-electron chi connectivity index (χ0n) is 13.1. The van der Waals surface area contributed by atoms with Gasteiger partial charge in [0.1, 0.15) is 15.6 Å². The maximum Gasteiger partial charge on any atom is 0.263 e. The van der Waals surface area contributed by atoms with Gasteiger partial charge in [-0.15, -0.1) is 11.3 Å². The Balaban J connectivity index is 2.30. The SMILES string of the molecule is CCNC(=O)c1sc(N2CCCC(CC)C2)c(OC)c1N. The smallest absolute Gasteiger partial charge is 0.263 e. The molecule has 1 aliphatic rings. The van der Waals surface area contributed by atoms with Gasteiger partial charge in [0.25, 0.3) is 5.91 Å². The molecular weight excluding hydrogens is 286 g/mol. The number of piperidine rings is 1. The van der Waals surface area contributed by atoms with E-state index in [2.05, 4.69) is 17.1 Å². The molecule has 118 valence electrons. The molecule has 1 amide bonds. The number of hydrogen-bond donors (Lipinski definition) is 2. The van der Waals surface area contributed by atoms with E-state index in [0.29, 0.717) is 28.8 Å². The predicted molar refractivity (Wildman–Crippen MR) is 88.5 cm³/mol. The summed E-state index contributed by atoms with van der Waals surface area (Å²) in [4.78, 5) is 15.0. The number of nitrogens with zero attached hydrogens (tertiary/aromatic N) is 1. The Kier molecular flexibility index (Phi) is 5.33. The molecular formula is C15H25N3O2S. The van der Waals surface area contributed by atoms with E-state index in [1.807, 2.05) is 6.92 Å². The van der Waals surface area contributed by atoms with Gasteiger partial charge in [0, 0.05) is 19.6 Å². The van der Waals surface area contributed by atoms with Crippen molar-refractivity contribution < 1.29 is 9.53 Å². The van der Waals surface area contributed by atoms with Crippen LogP contribution in [0.2, 0.25) is 0 Å². The van der Waals surface area contributed by atoms with Gasteiger partial charge in [-0.05, 0) is 25.7 Å². The summed E-state index contributed by atoms with van der Waals surface area (Å²) in [6.45, 7) is 6.74. The molecule has 3 N–H and O–H groups in total. The van der Waals surface area contributed by atoms with E-state index < -0.39 is 0 Å². The first-order valence-corrected chi connectivity index (χ1v) is 8.43. The normalized spacial score (nSPS) is 18.6. The van der Waals surface area contributed by atoms with Gasteiger partial charge in [0.2, 0.25) is 0 Å². The molecule has 21 heavy (non-hydrogen) atoms. The predicted octanol–water partition coefficient (Wildman–Crippen LogP) is 2.72. The number of ether oxygens (including phenoxy) is 1. The van der Waals surface area contributed by atoms with E-state index in [9.17, 15) is 4.79 Å². The molecule has 0 bridgehead atoms. The monoisotopic (exact) mass is 311 g/mol. The number of rotatable bonds is 5. The van der Waals surface area contributed by atoms with Crippen molar-refractivity contribution in [3.05, 3.63) is 4.88 Å². The van der Waals surface area contributed by atoms with Gasteiger partial charge in [-0.1, -0.05) is 13.3 Å². The lowest BCUT2D eigenvalue weighted by Gasteiger charge is -2.33. The van der Waals surface area contributed by atoms with E-state index in [1.165, 1.54) is 30.6 Å². The summed E-state index contributed by atoms with van der Waals surface area (Å²) in [5.74, 6) is 1.24. The van der Waals surface area contributed by atoms with E-state index in [-0.39, 0.29) is 5.91 Å². The number of nitrogens with one attached hydrogen (secondary N) is 1. The maximum atomic E-state index is 12.1. The molecule has 1 aromatic heterocycles. The van der Waals surface area contributed by atoms with Crippen LogP contribution >= 0.6 is 11.3 Å². The van der Waals surface area contributed by atoms with E-state index in [1.54, 1.807) is 7.11 Å². The molecule has 5 nitrogen and oxygen atoms in total. The lowest BCUT2D eigenvalue weighted by molar-refractivity contribution is 0.0960. The van der Waals surface area contributed by atoms with Gasteiger partial charge >= 0.3 is 0 Å². The molecule has 2 rings (SSSR count). The fraction of sp³-hybridized carbons (Fsp3) is 0.667. The van der Waals surface area contributed by atoms with Crippen molar-refractivity contribution in [2.24, 2.45) is 5.92 Å². The Hall–Kier alpha value is -1.43. The van der Waals surface area contributed by atoms with Crippen LogP contribution in [-0.2, 0) is 0 Å². The number of nitrogen functional groups attached to an aromatic ring is 1. The minimum absolute atomic E-state index is 0.117. The topological polar surface area (TPSA) is 67.6 Å². The Bertz CT molecular complexity index is 501. The second-order valence-electron chi connectivity index (χ2n) is 5.41. The van der Waals surface area contributed by atoms with Crippen LogP contribution in [0.25, 0.3) is 0 Å². The first-order chi connectivity index (χ1) is 10.1. The Morgan fingerprint density at radius 1 is 1.52 bits per heavy atom. The average Bonchev–Trinajstić information content (AvgIpc) is 2.84. The Morgan fingerprint density at radius 2 is 2.29 bits per heavy atom. The van der Waals surface area contributed by atoms with Gasteiger partial charge in [-0.2, -0.15) is 0 Å². The lowest BCUT2D eigenvalue weighted by Crippen LogP contribution is -2.34. The van der Waals surface area contributed by atoms with Crippen LogP contribution in [0.3, 0.4) is 0 Å². The van der Waals surface area contributed by atoms with Crippen molar-refractivity contribution in [2.45, 2.75) is 33.1 Å². The highest BCUT2D eigenvalue weighted by Gasteiger charge is 2.27. The van der Waals surface area contributed by atoms with E-state index >= 15 is 0 Å². The van der Waals surface area contributed by atoms with Crippen molar-refractivity contribution in [1.82, 2.24) is 5.32 Å². The second-order valence-corrected chi connectivity index (χ2v) is 6.40. The number of thiophene rings is 1. The zero-order chi connectivity index (χ0) is 15.4. The maximum absolute atomic E-state index is 12.1. The number of anilines is 2. The molecule has 0 aromatic carbocycles. The van der Waals surface area contributed by atoms with Crippen LogP contribution in [0.5, 0.6) is 5.75 Å². The van der Waals surface area contributed by atoms with Gasteiger partial charge < -0.3 is 20.7 Å². The summed E-state index contributed by atoms with van der Waals surface area (Å²) in [7, 11) is 1.62. The molecule has 1 aliphatic heterocycles. The zero-order valence-corrected chi connectivity index (χ0v) is 13.9. The summed E-state index contributed by atoms with van der Waals surface area (Å²) in [6, 6.07) is 0. The third-order valence-electron chi connectivity index (χ3n) is 4.01. The summed E-state index contributed by atoms with van der Waals surface area (Å²) in [5.41, 5.74) is 6.58. The molecule has 0 radical (unpaired) electrons. The van der Waals surface area contributed by atoms with Crippen LogP contribution in [0.15, 0.2) is 0 Å². The molecule has 1 unspecified atom stereocenters. The van der Waals surface area contributed by atoms with Crippen LogP contribution < -0.4 is 20.7 Å². The second kappa shape index (κ2) is 7.02. The average molecular weight is 311 g/mol. The Morgan fingerprint density at radius 3 is 2.90 bits per heavy atom. The number of methoxy groups -OCH3 is 1. The van der Waals surface area contributed by atoms with Crippen LogP contribution in [0, 0.1) is 5.92 Å². The molecule has 6 heteroatoms. The molecule has 1 fully saturated rings. The summed E-state index contributed by atoms with van der Waals surface area (Å²) in [6.07, 6.45) is 3.64. The van der Waals surface area contributed by atoms with Crippen molar-refractivity contribution in [1.29, 1.82) is 0 Å². The first kappa shape index (κ1) is 15.9. The number of hydrogen-bond acceptors (Lipinski definition) is 5. The van der Waals surface area contributed by atoms with Crippen LogP contribution in [0.1, 0.15) is 42.8 Å². The molecule has 2 heterocycles. The molecule has 1 atom stereocenters. The summed E-state index contributed by atoms with van der Waals surface area (Å²) < 4.78 is 5.47. The fourth-order valence-electron chi connectivity index (χ4n) is 2.81. The third-order valence-corrected chi connectivity index (χ3v) is 5.26. The van der Waals surface area contributed by atoms with Crippen molar-refractivity contribution in [2.75, 3.05) is 37.4 Å². The highest BCUT2D eigenvalue weighted by atomic mass is 32.1. The van der Waals surface area contributed by atoms with Gasteiger partial charge in [-0.3, -0.25) is 4.79 Å². The van der Waals surface area contributed by atoms with Crippen molar-refractivity contribution in [3.8, 4) is 5.75 Å². The number of carbonyl (C=O) groups excluding carboxylic acids is 1. The van der Waals surface area contributed by atoms with Crippen molar-refractivity contribution >= 4 is 27.9 Å². The highest BCUT2D eigenvalue weighted by molar-refractivity contribution is 7.19. The molecule has 0 saturated carbocycles. The summed E-state index contributed by atoms with van der Waals surface area (Å²) >= 11 is 1.44. The highest BCUT2D eigenvalue weighted by Crippen LogP contribution is 2.45.